The van der Waals surface area contributed by atoms with Crippen LogP contribution in [0.5, 0.6) is 0 Å². The summed E-state index contributed by atoms with van der Waals surface area (Å²) in [5.41, 5.74) is -0.971. The summed E-state index contributed by atoms with van der Waals surface area (Å²) in [7, 11) is 0. The van der Waals surface area contributed by atoms with Gasteiger partial charge in [0.15, 0.2) is 0 Å². The van der Waals surface area contributed by atoms with Crippen LogP contribution in [0.15, 0.2) is 78.9 Å². The van der Waals surface area contributed by atoms with Crippen molar-refractivity contribution in [1.29, 1.82) is 0 Å². The zero-order chi connectivity index (χ0) is 20.4. The van der Waals surface area contributed by atoms with Gasteiger partial charge < -0.3 is 0 Å². The zero-order valence-electron chi connectivity index (χ0n) is 14.4. The fourth-order valence-electron chi connectivity index (χ4n) is 2.80. The molecule has 6 heteroatoms. The lowest BCUT2D eigenvalue weighted by Crippen LogP contribution is -2.11. The Labute approximate surface area is 157 Å². The Bertz CT molecular complexity index is 894. The molecule has 3 aromatic carbocycles. The van der Waals surface area contributed by atoms with Gasteiger partial charge in [-0.3, -0.25) is 0 Å². The van der Waals surface area contributed by atoms with E-state index in [0.29, 0.717) is 16.7 Å². The fraction of sp³-hybridized carbons (Fsp3) is 0.0909. The summed E-state index contributed by atoms with van der Waals surface area (Å²) in [5.74, 6) is 0. The molecule has 0 unspecified atom stereocenters. The van der Waals surface area contributed by atoms with E-state index in [1.165, 1.54) is 6.08 Å². The first-order valence-electron chi connectivity index (χ1n) is 8.26. The molecule has 0 aromatic heterocycles. The first-order valence-corrected chi connectivity index (χ1v) is 8.26. The van der Waals surface area contributed by atoms with E-state index >= 15 is 0 Å². The molecular weight excluding hydrogens is 378 g/mol. The topological polar surface area (TPSA) is 0 Å². The predicted octanol–water partition coefficient (Wildman–Crippen LogP) is 7.31. The molecule has 0 spiro atoms. The van der Waals surface area contributed by atoms with Gasteiger partial charge >= 0.3 is 12.4 Å². The molecule has 0 fully saturated rings. The molecule has 3 aromatic rings. The highest BCUT2D eigenvalue weighted by Gasteiger charge is 2.36. The standard InChI is InChI=1S/C22H14F6/c23-21(24,25)18-11-15(12-19(14-18)22(26,27)28)13-20(16-7-3-1-4-8-16)17-9-5-2-6-10-17/h1-14H. The quantitative estimate of drug-likeness (QED) is 0.324. The summed E-state index contributed by atoms with van der Waals surface area (Å²) in [6.07, 6.45) is -8.43. The molecule has 0 radical (unpaired) electrons. The lowest BCUT2D eigenvalue weighted by atomic mass is 9.94. The van der Waals surface area contributed by atoms with Gasteiger partial charge in [-0.15, -0.1) is 0 Å². The molecule has 0 N–H and O–H groups in total. The Morgan fingerprint density at radius 2 is 0.964 bits per heavy atom. The lowest BCUT2D eigenvalue weighted by Gasteiger charge is -2.14. The molecule has 0 saturated heterocycles. The maximum atomic E-state index is 13.1. The second-order valence-electron chi connectivity index (χ2n) is 6.13. The van der Waals surface area contributed by atoms with E-state index < -0.39 is 23.5 Å². The minimum absolute atomic E-state index is 0.127. The molecule has 0 aliphatic carbocycles. The van der Waals surface area contributed by atoms with E-state index in [0.717, 1.165) is 12.1 Å². The average molecular weight is 392 g/mol. The number of hydrogen-bond acceptors (Lipinski definition) is 0. The largest absolute Gasteiger partial charge is 0.416 e. The van der Waals surface area contributed by atoms with Crippen molar-refractivity contribution in [3.05, 3.63) is 107 Å². The Hall–Kier alpha value is -3.02. The second kappa shape index (κ2) is 7.54. The molecule has 3 rings (SSSR count). The van der Waals surface area contributed by atoms with Crippen LogP contribution < -0.4 is 0 Å². The van der Waals surface area contributed by atoms with Crippen LogP contribution in [-0.4, -0.2) is 0 Å². The van der Waals surface area contributed by atoms with Gasteiger partial charge in [-0.05, 0) is 46.5 Å². The minimum Gasteiger partial charge on any atom is -0.166 e. The lowest BCUT2D eigenvalue weighted by molar-refractivity contribution is -0.143. The molecule has 0 amide bonds. The van der Waals surface area contributed by atoms with Crippen molar-refractivity contribution in [2.24, 2.45) is 0 Å². The SMILES string of the molecule is FC(F)(F)c1cc(C=C(c2ccccc2)c2ccccc2)cc(C(F)(F)F)c1. The third-order valence-electron chi connectivity index (χ3n) is 4.09. The van der Waals surface area contributed by atoms with E-state index in [4.69, 9.17) is 0 Å². The summed E-state index contributed by atoms with van der Waals surface area (Å²) >= 11 is 0. The van der Waals surface area contributed by atoms with Gasteiger partial charge in [0.05, 0.1) is 11.1 Å². The molecular formula is C22H14F6. The van der Waals surface area contributed by atoms with Gasteiger partial charge in [-0.25, -0.2) is 0 Å². The van der Waals surface area contributed by atoms with E-state index in [9.17, 15) is 26.3 Å². The van der Waals surface area contributed by atoms with E-state index in [2.05, 4.69) is 0 Å². The highest BCUT2D eigenvalue weighted by molar-refractivity contribution is 5.91. The molecule has 0 aliphatic heterocycles. The van der Waals surface area contributed by atoms with Crippen LogP contribution in [-0.2, 0) is 12.4 Å². The van der Waals surface area contributed by atoms with Crippen molar-refractivity contribution in [2.75, 3.05) is 0 Å². The van der Waals surface area contributed by atoms with E-state index in [1.807, 2.05) is 0 Å². The number of halogens is 6. The van der Waals surface area contributed by atoms with Crippen molar-refractivity contribution < 1.29 is 26.3 Å². The molecule has 144 valence electrons. The van der Waals surface area contributed by atoms with E-state index in [1.54, 1.807) is 60.7 Å². The van der Waals surface area contributed by atoms with Crippen LogP contribution in [0.25, 0.3) is 11.6 Å². The summed E-state index contributed by atoms with van der Waals surface area (Å²) in [6.45, 7) is 0. The average Bonchev–Trinajstić information content (AvgIpc) is 2.66. The Morgan fingerprint density at radius 3 is 1.32 bits per heavy atom. The first-order chi connectivity index (χ1) is 13.1. The third kappa shape index (κ3) is 4.63. The Morgan fingerprint density at radius 1 is 0.571 bits per heavy atom. The molecule has 0 aliphatic rings. The molecule has 0 heterocycles. The van der Waals surface area contributed by atoms with Crippen LogP contribution in [0, 0.1) is 0 Å². The number of rotatable bonds is 3. The monoisotopic (exact) mass is 392 g/mol. The molecule has 0 nitrogen and oxygen atoms in total. The molecule has 0 bridgehead atoms. The van der Waals surface area contributed by atoms with Crippen molar-refractivity contribution in [1.82, 2.24) is 0 Å². The Kier molecular flexibility index (Phi) is 5.31. The minimum atomic E-state index is -4.89. The maximum absolute atomic E-state index is 13.1. The third-order valence-corrected chi connectivity index (χ3v) is 4.09. The molecule has 28 heavy (non-hydrogen) atoms. The van der Waals surface area contributed by atoms with Crippen molar-refractivity contribution in [2.45, 2.75) is 12.4 Å². The Balaban J connectivity index is 2.23. The van der Waals surface area contributed by atoms with Crippen LogP contribution >= 0.6 is 0 Å². The zero-order valence-corrected chi connectivity index (χ0v) is 14.4. The number of hydrogen-bond donors (Lipinski definition) is 0. The van der Waals surface area contributed by atoms with Crippen molar-refractivity contribution >= 4 is 11.6 Å². The van der Waals surface area contributed by atoms with Crippen LogP contribution in [0.4, 0.5) is 26.3 Å². The van der Waals surface area contributed by atoms with Gasteiger partial charge in [-0.1, -0.05) is 60.7 Å². The summed E-state index contributed by atoms with van der Waals surface area (Å²) in [5, 5.41) is 0. The second-order valence-corrected chi connectivity index (χ2v) is 6.13. The summed E-state index contributed by atoms with van der Waals surface area (Å²) in [4.78, 5) is 0. The highest BCUT2D eigenvalue weighted by atomic mass is 19.4. The van der Waals surface area contributed by atoms with Crippen LogP contribution in [0.1, 0.15) is 27.8 Å². The highest BCUT2D eigenvalue weighted by Crippen LogP contribution is 2.37. The fourth-order valence-corrected chi connectivity index (χ4v) is 2.80. The normalized spacial score (nSPS) is 11.9. The molecule has 0 atom stereocenters. The smallest absolute Gasteiger partial charge is 0.166 e. The van der Waals surface area contributed by atoms with Gasteiger partial charge in [0.2, 0.25) is 0 Å². The predicted molar refractivity (Wildman–Crippen MR) is 96.3 cm³/mol. The van der Waals surface area contributed by atoms with Gasteiger partial charge in [0.25, 0.3) is 0 Å². The van der Waals surface area contributed by atoms with Gasteiger partial charge in [0, 0.05) is 0 Å². The first kappa shape index (κ1) is 19.7. The van der Waals surface area contributed by atoms with Crippen LogP contribution in [0.3, 0.4) is 0 Å². The summed E-state index contributed by atoms with van der Waals surface area (Å²) < 4.78 is 78.8. The van der Waals surface area contributed by atoms with Crippen molar-refractivity contribution in [3.63, 3.8) is 0 Å². The van der Waals surface area contributed by atoms with E-state index in [-0.39, 0.29) is 11.6 Å². The van der Waals surface area contributed by atoms with Crippen LogP contribution in [0.2, 0.25) is 0 Å². The van der Waals surface area contributed by atoms with Gasteiger partial charge in [0.1, 0.15) is 0 Å². The molecule has 0 saturated carbocycles. The summed E-state index contributed by atoms with van der Waals surface area (Å²) in [6, 6.07) is 19.1. The van der Waals surface area contributed by atoms with Gasteiger partial charge in [-0.2, -0.15) is 26.3 Å². The number of benzene rings is 3. The maximum Gasteiger partial charge on any atom is 0.416 e. The van der Waals surface area contributed by atoms with Crippen molar-refractivity contribution in [3.8, 4) is 0 Å². The number of alkyl halides is 6.